The second kappa shape index (κ2) is 11.2. The molecule has 1 aliphatic rings. The molecule has 0 saturated carbocycles. The topological polar surface area (TPSA) is 83.0 Å². The summed E-state index contributed by atoms with van der Waals surface area (Å²) in [6.07, 6.45) is 2.53. The number of thiazole rings is 1. The van der Waals surface area contributed by atoms with Crippen molar-refractivity contribution in [2.45, 2.75) is 33.2 Å². The largest absolute Gasteiger partial charge is 0.493 e. The third kappa shape index (κ3) is 5.16. The lowest BCUT2D eigenvalue weighted by Crippen LogP contribution is -2.40. The molecule has 0 aliphatic carbocycles. The van der Waals surface area contributed by atoms with Crippen molar-refractivity contribution in [1.82, 2.24) is 4.57 Å². The molecule has 1 aliphatic heterocycles. The van der Waals surface area contributed by atoms with Crippen molar-refractivity contribution in [2.75, 3.05) is 13.7 Å². The fourth-order valence-electron chi connectivity index (χ4n) is 4.56. The first kappa shape index (κ1) is 26.9. The van der Waals surface area contributed by atoms with Crippen LogP contribution in [0.1, 0.15) is 43.2 Å². The van der Waals surface area contributed by atoms with Gasteiger partial charge in [0.2, 0.25) is 0 Å². The highest BCUT2D eigenvalue weighted by Crippen LogP contribution is 2.36. The molecule has 2 aromatic carbocycles. The van der Waals surface area contributed by atoms with Crippen LogP contribution in [0.2, 0.25) is 0 Å². The molecule has 0 fully saturated rings. The van der Waals surface area contributed by atoms with Crippen LogP contribution in [-0.4, -0.2) is 24.3 Å². The number of aromatic nitrogens is 1. The van der Waals surface area contributed by atoms with E-state index in [-0.39, 0.29) is 5.56 Å². The number of ether oxygens (including phenoxy) is 2. The second-order valence-corrected chi connectivity index (χ2v) is 11.0. The van der Waals surface area contributed by atoms with Crippen LogP contribution in [0.3, 0.4) is 0 Å². The number of methoxy groups -OCH3 is 1. The molecule has 4 aromatic rings. The Bertz CT molecular complexity index is 1780. The van der Waals surface area contributed by atoms with Gasteiger partial charge in [-0.15, -0.1) is 0 Å². The molecule has 39 heavy (non-hydrogen) atoms. The molecule has 5 rings (SSSR count). The molecule has 0 bridgehead atoms. The fourth-order valence-corrected chi connectivity index (χ4v) is 6.28. The number of nitrogens with zero attached hydrogens (tertiary/aromatic N) is 2. The van der Waals surface area contributed by atoms with Crippen LogP contribution >= 0.6 is 27.3 Å². The molecule has 200 valence electrons. The van der Waals surface area contributed by atoms with Gasteiger partial charge in [0.05, 0.1) is 29.5 Å². The molecule has 0 saturated heterocycles. The van der Waals surface area contributed by atoms with E-state index in [0.717, 1.165) is 22.0 Å². The first-order chi connectivity index (χ1) is 18.8. The lowest BCUT2D eigenvalue weighted by atomic mass is 9.95. The Morgan fingerprint density at radius 3 is 2.72 bits per heavy atom. The van der Waals surface area contributed by atoms with E-state index in [1.54, 1.807) is 17.6 Å². The number of furan rings is 1. The highest BCUT2D eigenvalue weighted by Gasteiger charge is 2.34. The minimum atomic E-state index is -0.750. The minimum Gasteiger partial charge on any atom is -0.493 e. The van der Waals surface area contributed by atoms with Crippen molar-refractivity contribution in [3.63, 3.8) is 0 Å². The smallest absolute Gasteiger partial charge is 0.338 e. The standard InChI is InChI=1S/C30H27BrN2O5S/c1-5-14-37-23-9-7-6-8-21(23)27-26(29(35)36-4)18(3)32-30-33(27)28(34)25(39-30)16-19-11-13-24(38-19)20-12-10-17(2)15-22(20)31/h6-13,15-16,27H,5,14H2,1-4H3/b25-16+/t27-/m1/s1. The van der Waals surface area contributed by atoms with Crippen molar-refractivity contribution < 1.29 is 18.7 Å². The Balaban J connectivity index is 1.65. The summed E-state index contributed by atoms with van der Waals surface area (Å²) in [4.78, 5) is 32.0. The van der Waals surface area contributed by atoms with Gasteiger partial charge >= 0.3 is 5.97 Å². The maximum Gasteiger partial charge on any atom is 0.338 e. The molecular weight excluding hydrogens is 580 g/mol. The average molecular weight is 608 g/mol. The Hall–Kier alpha value is -3.69. The first-order valence-corrected chi connectivity index (χ1v) is 14.1. The minimum absolute atomic E-state index is 0.280. The molecule has 0 N–H and O–H groups in total. The number of para-hydroxylation sites is 1. The molecule has 1 atom stereocenters. The molecule has 7 nitrogen and oxygen atoms in total. The predicted octanol–water partition coefficient (Wildman–Crippen LogP) is 5.53. The van der Waals surface area contributed by atoms with Crippen molar-refractivity contribution in [3.05, 3.63) is 107 Å². The summed E-state index contributed by atoms with van der Waals surface area (Å²) >= 11 is 4.85. The summed E-state index contributed by atoms with van der Waals surface area (Å²) < 4.78 is 20.1. The fraction of sp³-hybridized carbons (Fsp3) is 0.233. The predicted molar refractivity (Wildman–Crippen MR) is 155 cm³/mol. The maximum atomic E-state index is 13.9. The monoisotopic (exact) mass is 606 g/mol. The summed E-state index contributed by atoms with van der Waals surface area (Å²) in [5, 5.41) is 0. The van der Waals surface area contributed by atoms with E-state index in [9.17, 15) is 9.59 Å². The van der Waals surface area contributed by atoms with Crippen molar-refractivity contribution in [2.24, 2.45) is 4.99 Å². The number of carbonyl (C=O) groups is 1. The van der Waals surface area contributed by atoms with Crippen LogP contribution in [0.4, 0.5) is 0 Å². The number of esters is 1. The third-order valence-electron chi connectivity index (χ3n) is 6.39. The van der Waals surface area contributed by atoms with Gasteiger partial charge in [-0.3, -0.25) is 9.36 Å². The van der Waals surface area contributed by atoms with E-state index >= 15 is 0 Å². The summed E-state index contributed by atoms with van der Waals surface area (Å²) in [6.45, 7) is 6.31. The first-order valence-electron chi connectivity index (χ1n) is 12.5. The van der Waals surface area contributed by atoms with Crippen LogP contribution in [0.25, 0.3) is 17.4 Å². The number of hydrogen-bond acceptors (Lipinski definition) is 7. The molecule has 2 aromatic heterocycles. The molecule has 0 amide bonds. The van der Waals surface area contributed by atoms with E-state index in [2.05, 4.69) is 20.9 Å². The maximum absolute atomic E-state index is 13.9. The summed E-state index contributed by atoms with van der Waals surface area (Å²) in [7, 11) is 1.32. The van der Waals surface area contributed by atoms with Crippen molar-refractivity contribution in [3.8, 4) is 17.1 Å². The molecule has 0 spiro atoms. The van der Waals surface area contributed by atoms with Gasteiger partial charge in [0, 0.05) is 21.7 Å². The second-order valence-electron chi connectivity index (χ2n) is 9.14. The number of aryl methyl sites for hydroxylation is 1. The average Bonchev–Trinajstić information content (AvgIpc) is 3.50. The normalized spacial score (nSPS) is 15.2. The van der Waals surface area contributed by atoms with Gasteiger partial charge in [0.15, 0.2) is 4.80 Å². The number of halogens is 1. The van der Waals surface area contributed by atoms with Gasteiger partial charge in [-0.2, -0.15) is 0 Å². The van der Waals surface area contributed by atoms with E-state index in [1.165, 1.54) is 18.4 Å². The van der Waals surface area contributed by atoms with E-state index < -0.39 is 12.0 Å². The van der Waals surface area contributed by atoms with Crippen LogP contribution in [-0.2, 0) is 9.53 Å². The number of fused-ring (bicyclic) bond motifs is 1. The van der Waals surface area contributed by atoms with Crippen LogP contribution in [0, 0.1) is 6.92 Å². The summed E-state index contributed by atoms with van der Waals surface area (Å²) in [6, 6.07) is 16.4. The van der Waals surface area contributed by atoms with Gasteiger partial charge < -0.3 is 13.9 Å². The van der Waals surface area contributed by atoms with Gasteiger partial charge in [0.1, 0.15) is 23.3 Å². The van der Waals surface area contributed by atoms with E-state index in [4.69, 9.17) is 13.9 Å². The number of benzene rings is 2. The van der Waals surface area contributed by atoms with Gasteiger partial charge in [-0.25, -0.2) is 9.79 Å². The number of allylic oxidation sites excluding steroid dienone is 1. The molecular formula is C30H27BrN2O5S. The lowest BCUT2D eigenvalue weighted by Gasteiger charge is -2.26. The third-order valence-corrected chi connectivity index (χ3v) is 8.03. The van der Waals surface area contributed by atoms with E-state index in [0.29, 0.717) is 50.0 Å². The van der Waals surface area contributed by atoms with Crippen molar-refractivity contribution in [1.29, 1.82) is 0 Å². The quantitative estimate of drug-likeness (QED) is 0.258. The number of carbonyl (C=O) groups excluding carboxylic acids is 1. The Kier molecular flexibility index (Phi) is 7.72. The Labute approximate surface area is 237 Å². The SMILES string of the molecule is CCCOc1ccccc1[C@@H]1C(C(=O)OC)=C(C)N=c2s/c(=C/c3ccc(-c4ccc(C)cc4Br)o3)c(=O)n21. The Morgan fingerprint density at radius 1 is 1.18 bits per heavy atom. The number of rotatable bonds is 7. The molecule has 3 heterocycles. The van der Waals surface area contributed by atoms with Crippen molar-refractivity contribution >= 4 is 39.3 Å². The van der Waals surface area contributed by atoms with E-state index in [1.807, 2.05) is 68.4 Å². The van der Waals surface area contributed by atoms with Crippen LogP contribution in [0.15, 0.2) is 84.5 Å². The van der Waals surface area contributed by atoms with Gasteiger partial charge in [-0.05, 0) is 56.2 Å². The molecule has 0 radical (unpaired) electrons. The molecule has 9 heteroatoms. The highest BCUT2D eigenvalue weighted by atomic mass is 79.9. The lowest BCUT2D eigenvalue weighted by molar-refractivity contribution is -0.136. The summed E-state index contributed by atoms with van der Waals surface area (Å²) in [5.74, 6) is 1.29. The van der Waals surface area contributed by atoms with Gasteiger partial charge in [0.25, 0.3) is 5.56 Å². The van der Waals surface area contributed by atoms with Gasteiger partial charge in [-0.1, -0.05) is 58.5 Å². The zero-order valence-electron chi connectivity index (χ0n) is 22.0. The molecule has 0 unspecified atom stereocenters. The van der Waals surface area contributed by atoms with Crippen LogP contribution in [0.5, 0.6) is 5.75 Å². The summed E-state index contributed by atoms with van der Waals surface area (Å²) in [5.41, 5.74) is 3.26. The Morgan fingerprint density at radius 2 is 1.97 bits per heavy atom. The number of hydrogen-bond donors (Lipinski definition) is 0. The van der Waals surface area contributed by atoms with Crippen LogP contribution < -0.4 is 19.6 Å². The zero-order valence-corrected chi connectivity index (χ0v) is 24.4. The zero-order chi connectivity index (χ0) is 27.7. The highest BCUT2D eigenvalue weighted by molar-refractivity contribution is 9.10.